The molecule has 1 aliphatic rings. The van der Waals surface area contributed by atoms with Crippen LogP contribution in [-0.2, 0) is 6.54 Å². The molecule has 2 rings (SSSR count). The highest BCUT2D eigenvalue weighted by Crippen LogP contribution is 2.23. The molecule has 112 valence electrons. The fourth-order valence-corrected chi connectivity index (χ4v) is 3.29. The molecule has 1 atom stereocenters. The summed E-state index contributed by atoms with van der Waals surface area (Å²) in [5.41, 5.74) is 1.41. The predicted octanol–water partition coefficient (Wildman–Crippen LogP) is 4.05. The Balaban J connectivity index is 1.91. The predicted molar refractivity (Wildman–Crippen MR) is 89.9 cm³/mol. The van der Waals surface area contributed by atoms with E-state index in [2.05, 4.69) is 64.3 Å². The van der Waals surface area contributed by atoms with Gasteiger partial charge in [0.05, 0.1) is 0 Å². The van der Waals surface area contributed by atoms with Crippen molar-refractivity contribution in [3.8, 4) is 0 Å². The maximum absolute atomic E-state index is 3.67. The molecule has 1 unspecified atom stereocenters. The minimum atomic E-state index is 0.689. The molecule has 0 spiro atoms. The Hall–Kier alpha value is -0.380. The number of hydrogen-bond acceptors (Lipinski definition) is 2. The molecule has 2 nitrogen and oxygen atoms in total. The molecule has 0 amide bonds. The second-order valence-electron chi connectivity index (χ2n) is 6.26. The normalized spacial score (nSPS) is 20.5. The molecule has 1 aromatic rings. The van der Waals surface area contributed by atoms with Crippen LogP contribution >= 0.6 is 15.9 Å². The third-order valence-corrected chi connectivity index (χ3v) is 4.79. The molecule has 3 heteroatoms. The van der Waals surface area contributed by atoms with E-state index in [9.17, 15) is 0 Å². The Labute approximate surface area is 132 Å². The van der Waals surface area contributed by atoms with Crippen LogP contribution < -0.4 is 5.32 Å². The Morgan fingerprint density at radius 2 is 2.10 bits per heavy atom. The van der Waals surface area contributed by atoms with E-state index in [0.717, 1.165) is 25.6 Å². The third-order valence-electron chi connectivity index (χ3n) is 4.01. The summed E-state index contributed by atoms with van der Waals surface area (Å²) < 4.78 is 1.24. The zero-order valence-electron chi connectivity index (χ0n) is 12.7. The maximum Gasteiger partial charge on any atom is 0.0248 e. The minimum absolute atomic E-state index is 0.689. The first kappa shape index (κ1) is 16.0. The van der Waals surface area contributed by atoms with Gasteiger partial charge in [-0.25, -0.2) is 0 Å². The van der Waals surface area contributed by atoms with Crippen molar-refractivity contribution in [2.45, 2.75) is 45.7 Å². The highest BCUT2D eigenvalue weighted by molar-refractivity contribution is 9.10. The van der Waals surface area contributed by atoms with Gasteiger partial charge in [-0.1, -0.05) is 54.4 Å². The number of nitrogens with one attached hydrogen (secondary N) is 1. The highest BCUT2D eigenvalue weighted by atomic mass is 79.9. The molecule has 0 saturated carbocycles. The lowest BCUT2D eigenvalue weighted by molar-refractivity contribution is 0.136. The Bertz CT molecular complexity index is 406. The van der Waals surface area contributed by atoms with Crippen molar-refractivity contribution in [1.82, 2.24) is 10.2 Å². The Kier molecular flexibility index (Phi) is 6.53. The summed E-state index contributed by atoms with van der Waals surface area (Å²) in [5, 5.41) is 3.63. The van der Waals surface area contributed by atoms with Gasteiger partial charge in [0.15, 0.2) is 0 Å². The number of piperidine rings is 1. The first-order valence-corrected chi connectivity index (χ1v) is 8.64. The van der Waals surface area contributed by atoms with Crippen molar-refractivity contribution in [3.05, 3.63) is 34.3 Å². The zero-order valence-corrected chi connectivity index (χ0v) is 14.3. The largest absolute Gasteiger partial charge is 0.315 e. The summed E-state index contributed by atoms with van der Waals surface area (Å²) in [5.74, 6) is 0.732. The lowest BCUT2D eigenvalue weighted by Gasteiger charge is -2.36. The maximum atomic E-state index is 3.67. The van der Waals surface area contributed by atoms with Crippen LogP contribution in [0, 0.1) is 5.92 Å². The van der Waals surface area contributed by atoms with Crippen molar-refractivity contribution < 1.29 is 0 Å². The van der Waals surface area contributed by atoms with E-state index in [1.165, 1.54) is 35.8 Å². The number of likely N-dealkylation sites (tertiary alicyclic amines) is 1. The van der Waals surface area contributed by atoms with Gasteiger partial charge in [-0.15, -0.1) is 0 Å². The van der Waals surface area contributed by atoms with Gasteiger partial charge in [-0.2, -0.15) is 0 Å². The number of nitrogens with zero attached hydrogens (tertiary/aromatic N) is 1. The van der Waals surface area contributed by atoms with E-state index in [1.807, 2.05) is 0 Å². The molecule has 1 saturated heterocycles. The van der Waals surface area contributed by atoms with Gasteiger partial charge in [0.1, 0.15) is 0 Å². The smallest absolute Gasteiger partial charge is 0.0248 e. The monoisotopic (exact) mass is 338 g/mol. The topological polar surface area (TPSA) is 15.3 Å². The van der Waals surface area contributed by atoms with Crippen molar-refractivity contribution in [2.75, 3.05) is 19.6 Å². The molecule has 1 aliphatic heterocycles. The van der Waals surface area contributed by atoms with Crippen LogP contribution in [0.3, 0.4) is 0 Å². The van der Waals surface area contributed by atoms with Crippen LogP contribution in [0.15, 0.2) is 28.7 Å². The molecule has 0 aliphatic carbocycles. The summed E-state index contributed by atoms with van der Waals surface area (Å²) in [6.07, 6.45) is 4.04. The molecular formula is C17H27BrN2. The standard InChI is InChI=1S/C17H27BrN2/c1-14(2)11-19-12-16-8-5-6-10-20(16)13-15-7-3-4-9-17(15)18/h3-4,7,9,14,16,19H,5-6,8,10-13H2,1-2H3. The van der Waals surface area contributed by atoms with Crippen molar-refractivity contribution >= 4 is 15.9 Å². The van der Waals surface area contributed by atoms with E-state index in [-0.39, 0.29) is 0 Å². The average molecular weight is 339 g/mol. The van der Waals surface area contributed by atoms with Gasteiger partial charge in [0, 0.05) is 23.6 Å². The first-order chi connectivity index (χ1) is 9.66. The summed E-state index contributed by atoms with van der Waals surface area (Å²) in [6, 6.07) is 9.29. The molecular weight excluding hydrogens is 312 g/mol. The third kappa shape index (κ3) is 4.87. The van der Waals surface area contributed by atoms with E-state index in [4.69, 9.17) is 0 Å². The average Bonchev–Trinajstić information content (AvgIpc) is 2.43. The molecule has 1 aromatic carbocycles. The summed E-state index contributed by atoms with van der Waals surface area (Å²) in [7, 11) is 0. The van der Waals surface area contributed by atoms with E-state index >= 15 is 0 Å². The van der Waals surface area contributed by atoms with Crippen LogP contribution in [-0.4, -0.2) is 30.6 Å². The number of halogens is 1. The number of hydrogen-bond donors (Lipinski definition) is 1. The Morgan fingerprint density at radius 3 is 2.85 bits per heavy atom. The number of rotatable bonds is 6. The van der Waals surface area contributed by atoms with E-state index < -0.39 is 0 Å². The van der Waals surface area contributed by atoms with Crippen molar-refractivity contribution in [2.24, 2.45) is 5.92 Å². The van der Waals surface area contributed by atoms with Crippen LogP contribution in [0.25, 0.3) is 0 Å². The van der Waals surface area contributed by atoms with Gasteiger partial charge in [0.2, 0.25) is 0 Å². The fourth-order valence-electron chi connectivity index (χ4n) is 2.88. The minimum Gasteiger partial charge on any atom is -0.315 e. The Morgan fingerprint density at radius 1 is 1.30 bits per heavy atom. The van der Waals surface area contributed by atoms with Crippen LogP contribution in [0.5, 0.6) is 0 Å². The summed E-state index contributed by atoms with van der Waals surface area (Å²) in [4.78, 5) is 2.65. The molecule has 1 N–H and O–H groups in total. The molecule has 0 aromatic heterocycles. The summed E-state index contributed by atoms with van der Waals surface area (Å²) in [6.45, 7) is 9.09. The fraction of sp³-hybridized carbons (Fsp3) is 0.647. The second kappa shape index (κ2) is 8.16. The SMILES string of the molecule is CC(C)CNCC1CCCCN1Cc1ccccc1Br. The molecule has 1 heterocycles. The van der Waals surface area contributed by atoms with Gasteiger partial charge < -0.3 is 5.32 Å². The molecule has 0 radical (unpaired) electrons. The van der Waals surface area contributed by atoms with Gasteiger partial charge in [0.25, 0.3) is 0 Å². The molecule has 1 fully saturated rings. The van der Waals surface area contributed by atoms with Gasteiger partial charge in [-0.3, -0.25) is 4.90 Å². The van der Waals surface area contributed by atoms with E-state index in [0.29, 0.717) is 6.04 Å². The van der Waals surface area contributed by atoms with Gasteiger partial charge >= 0.3 is 0 Å². The van der Waals surface area contributed by atoms with Crippen LogP contribution in [0.4, 0.5) is 0 Å². The lowest BCUT2D eigenvalue weighted by Crippen LogP contribution is -2.45. The molecule has 0 bridgehead atoms. The summed E-state index contributed by atoms with van der Waals surface area (Å²) >= 11 is 3.67. The lowest BCUT2D eigenvalue weighted by atomic mass is 10.0. The van der Waals surface area contributed by atoms with Crippen molar-refractivity contribution in [3.63, 3.8) is 0 Å². The van der Waals surface area contributed by atoms with Crippen LogP contribution in [0.1, 0.15) is 38.7 Å². The zero-order chi connectivity index (χ0) is 14.4. The van der Waals surface area contributed by atoms with Crippen LogP contribution in [0.2, 0.25) is 0 Å². The molecule has 20 heavy (non-hydrogen) atoms. The van der Waals surface area contributed by atoms with Crippen molar-refractivity contribution in [1.29, 1.82) is 0 Å². The van der Waals surface area contributed by atoms with E-state index in [1.54, 1.807) is 0 Å². The first-order valence-electron chi connectivity index (χ1n) is 7.85. The van der Waals surface area contributed by atoms with Gasteiger partial charge in [-0.05, 0) is 43.5 Å². The number of benzene rings is 1. The highest BCUT2D eigenvalue weighted by Gasteiger charge is 2.22. The second-order valence-corrected chi connectivity index (χ2v) is 7.12. The quantitative estimate of drug-likeness (QED) is 0.841.